The van der Waals surface area contributed by atoms with Crippen LogP contribution in [0, 0.1) is 0 Å². The van der Waals surface area contributed by atoms with Gasteiger partial charge in [0.1, 0.15) is 16.2 Å². The van der Waals surface area contributed by atoms with Crippen LogP contribution in [0.25, 0.3) is 11.0 Å². The van der Waals surface area contributed by atoms with Crippen molar-refractivity contribution < 1.29 is 4.79 Å². The van der Waals surface area contributed by atoms with Crippen LogP contribution in [0.4, 0.5) is 0 Å². The van der Waals surface area contributed by atoms with Gasteiger partial charge in [-0.1, -0.05) is 56.8 Å². The predicted octanol–water partition coefficient (Wildman–Crippen LogP) is 3.00. The van der Waals surface area contributed by atoms with E-state index in [1.54, 1.807) is 7.05 Å². The van der Waals surface area contributed by atoms with Crippen molar-refractivity contribution >= 4 is 28.6 Å². The lowest BCUT2D eigenvalue weighted by Gasteiger charge is -2.21. The fourth-order valence-corrected chi connectivity index (χ4v) is 5.08. The van der Waals surface area contributed by atoms with Gasteiger partial charge in [0.2, 0.25) is 0 Å². The van der Waals surface area contributed by atoms with E-state index in [1.165, 1.54) is 23.4 Å². The van der Waals surface area contributed by atoms with E-state index in [-0.39, 0.29) is 21.8 Å². The number of Topliss-reactive ketones (excluding diaryl/α,β-unsaturated/α-hetero) is 1. The Morgan fingerprint density at radius 1 is 1.03 bits per heavy atom. The summed E-state index contributed by atoms with van der Waals surface area (Å²) >= 11 is 1.32. The average Bonchev–Trinajstić information content (AvgIpc) is 2.88. The summed E-state index contributed by atoms with van der Waals surface area (Å²) in [6, 6.07) is 7.71. The molecule has 0 N–H and O–H groups in total. The summed E-state index contributed by atoms with van der Waals surface area (Å²) in [6.45, 7) is 5.94. The van der Waals surface area contributed by atoms with Crippen LogP contribution < -0.4 is 11.2 Å². The SMILES string of the molecule is Cn1c(=O)c2c(SC3CCCc4ccccc4C3=O)nc(C(C)(C)C)nc2n(C)c1=O. The molecule has 0 fully saturated rings. The quantitative estimate of drug-likeness (QED) is 0.452. The summed E-state index contributed by atoms with van der Waals surface area (Å²) in [4.78, 5) is 48.2. The van der Waals surface area contributed by atoms with Crippen LogP contribution in [0.2, 0.25) is 0 Å². The lowest BCUT2D eigenvalue weighted by Crippen LogP contribution is -2.38. The molecule has 1 unspecified atom stereocenters. The minimum absolute atomic E-state index is 0.0591. The molecular formula is C23H26N4O3S. The molecule has 1 aliphatic rings. The number of benzene rings is 1. The van der Waals surface area contributed by atoms with Gasteiger partial charge in [0.25, 0.3) is 5.56 Å². The predicted molar refractivity (Wildman–Crippen MR) is 122 cm³/mol. The first-order valence-corrected chi connectivity index (χ1v) is 11.2. The Morgan fingerprint density at radius 3 is 2.45 bits per heavy atom. The van der Waals surface area contributed by atoms with E-state index in [4.69, 9.17) is 4.98 Å². The Hall–Kier alpha value is -2.74. The highest BCUT2D eigenvalue weighted by atomic mass is 32.2. The van der Waals surface area contributed by atoms with E-state index < -0.39 is 11.2 Å². The molecule has 0 amide bonds. The Balaban J connectivity index is 1.92. The summed E-state index contributed by atoms with van der Waals surface area (Å²) < 4.78 is 2.44. The highest BCUT2D eigenvalue weighted by Crippen LogP contribution is 2.35. The largest absolute Gasteiger partial charge is 0.332 e. The molecule has 31 heavy (non-hydrogen) atoms. The third kappa shape index (κ3) is 3.73. The molecule has 0 radical (unpaired) electrons. The number of rotatable bonds is 2. The molecule has 2 aromatic heterocycles. The molecule has 3 aromatic rings. The molecule has 7 nitrogen and oxygen atoms in total. The number of thioether (sulfide) groups is 1. The number of nitrogens with zero attached hydrogens (tertiary/aromatic N) is 4. The summed E-state index contributed by atoms with van der Waals surface area (Å²) in [5, 5.41) is 0.397. The standard InChI is InChI=1S/C23H26N4O3S/c1-23(2,3)21-24-18-16(20(29)27(5)22(30)26(18)4)19(25-21)31-15-12-8-10-13-9-6-7-11-14(13)17(15)28/h6-7,9,11,15H,8,10,12H2,1-5H3. The van der Waals surface area contributed by atoms with Gasteiger partial charge in [0.15, 0.2) is 11.4 Å². The number of hydrogen-bond acceptors (Lipinski definition) is 6. The second-order valence-electron chi connectivity index (χ2n) is 9.03. The molecule has 1 aromatic carbocycles. The Labute approximate surface area is 184 Å². The first kappa shape index (κ1) is 21.5. The molecule has 0 spiro atoms. The van der Waals surface area contributed by atoms with Gasteiger partial charge in [-0.3, -0.25) is 18.7 Å². The monoisotopic (exact) mass is 438 g/mol. The van der Waals surface area contributed by atoms with Crippen molar-refractivity contribution in [2.24, 2.45) is 14.1 Å². The van der Waals surface area contributed by atoms with Gasteiger partial charge >= 0.3 is 5.69 Å². The zero-order valence-electron chi connectivity index (χ0n) is 18.4. The number of aryl methyl sites for hydroxylation is 2. The van der Waals surface area contributed by atoms with Crippen LogP contribution in [0.15, 0.2) is 38.9 Å². The van der Waals surface area contributed by atoms with Crippen LogP contribution >= 0.6 is 11.8 Å². The normalized spacial score (nSPS) is 16.9. The van der Waals surface area contributed by atoms with E-state index in [9.17, 15) is 14.4 Å². The van der Waals surface area contributed by atoms with Crippen molar-refractivity contribution in [1.29, 1.82) is 0 Å². The maximum Gasteiger partial charge on any atom is 0.332 e. The van der Waals surface area contributed by atoms with Gasteiger partial charge < -0.3 is 0 Å². The maximum atomic E-state index is 13.3. The lowest BCUT2D eigenvalue weighted by molar-refractivity contribution is 0.0988. The Kier molecular flexibility index (Phi) is 5.37. The van der Waals surface area contributed by atoms with Gasteiger partial charge in [-0.05, 0) is 24.8 Å². The summed E-state index contributed by atoms with van der Waals surface area (Å²) in [5.41, 5.74) is 0.843. The topological polar surface area (TPSA) is 86.8 Å². The molecule has 0 saturated carbocycles. The second kappa shape index (κ2) is 7.75. The summed E-state index contributed by atoms with van der Waals surface area (Å²) in [5.74, 6) is 0.594. The molecule has 0 saturated heterocycles. The van der Waals surface area contributed by atoms with Crippen molar-refractivity contribution in [3.8, 4) is 0 Å². The van der Waals surface area contributed by atoms with E-state index in [0.717, 1.165) is 28.5 Å². The number of carbonyl (C=O) groups excluding carboxylic acids is 1. The smallest absolute Gasteiger partial charge is 0.293 e. The minimum atomic E-state index is -0.442. The fraction of sp³-hybridized carbons (Fsp3) is 0.435. The van der Waals surface area contributed by atoms with Crippen molar-refractivity contribution in [3.05, 3.63) is 62.1 Å². The van der Waals surface area contributed by atoms with Crippen molar-refractivity contribution in [2.75, 3.05) is 0 Å². The lowest BCUT2D eigenvalue weighted by atomic mass is 9.96. The molecule has 8 heteroatoms. The molecule has 1 atom stereocenters. The highest BCUT2D eigenvalue weighted by molar-refractivity contribution is 8.00. The van der Waals surface area contributed by atoms with Crippen LogP contribution in [0.3, 0.4) is 0 Å². The van der Waals surface area contributed by atoms with E-state index >= 15 is 0 Å². The van der Waals surface area contributed by atoms with Gasteiger partial charge in [0.05, 0.1) is 5.25 Å². The van der Waals surface area contributed by atoms with Gasteiger partial charge in [-0.2, -0.15) is 0 Å². The summed E-state index contributed by atoms with van der Waals surface area (Å²) in [6.07, 6.45) is 2.43. The molecule has 4 rings (SSSR count). The van der Waals surface area contributed by atoms with Crippen molar-refractivity contribution in [1.82, 2.24) is 19.1 Å². The van der Waals surface area contributed by atoms with E-state index in [1.807, 2.05) is 45.0 Å². The minimum Gasteiger partial charge on any atom is -0.293 e. The maximum absolute atomic E-state index is 13.3. The first-order valence-electron chi connectivity index (χ1n) is 10.4. The molecule has 162 valence electrons. The number of hydrogen-bond donors (Lipinski definition) is 0. The zero-order valence-corrected chi connectivity index (χ0v) is 19.2. The van der Waals surface area contributed by atoms with Crippen LogP contribution in [-0.4, -0.2) is 30.1 Å². The number of ketones is 1. The average molecular weight is 439 g/mol. The fourth-order valence-electron chi connectivity index (χ4n) is 3.86. The number of carbonyl (C=O) groups is 1. The molecule has 0 aliphatic heterocycles. The number of fused-ring (bicyclic) bond motifs is 2. The van der Waals surface area contributed by atoms with Gasteiger partial charge in [0, 0.05) is 25.1 Å². The van der Waals surface area contributed by atoms with Gasteiger partial charge in [-0.25, -0.2) is 14.8 Å². The number of aromatic nitrogens is 4. The molecular weight excluding hydrogens is 412 g/mol. The van der Waals surface area contributed by atoms with Crippen LogP contribution in [0.5, 0.6) is 0 Å². The third-order valence-corrected chi connectivity index (χ3v) is 6.93. The highest BCUT2D eigenvalue weighted by Gasteiger charge is 2.30. The molecule has 1 aliphatic carbocycles. The van der Waals surface area contributed by atoms with Crippen molar-refractivity contribution in [2.45, 2.75) is 55.7 Å². The Bertz CT molecular complexity index is 1320. The van der Waals surface area contributed by atoms with E-state index in [0.29, 0.717) is 22.9 Å². The third-order valence-electron chi connectivity index (χ3n) is 5.68. The zero-order chi connectivity index (χ0) is 22.5. The van der Waals surface area contributed by atoms with E-state index in [2.05, 4.69) is 4.98 Å². The summed E-state index contributed by atoms with van der Waals surface area (Å²) in [7, 11) is 3.05. The second-order valence-corrected chi connectivity index (χ2v) is 10.2. The van der Waals surface area contributed by atoms with Crippen LogP contribution in [0.1, 0.15) is 55.4 Å². The molecule has 0 bridgehead atoms. The van der Waals surface area contributed by atoms with Crippen LogP contribution in [-0.2, 0) is 25.9 Å². The van der Waals surface area contributed by atoms with Crippen molar-refractivity contribution in [3.63, 3.8) is 0 Å². The molecule has 2 heterocycles. The van der Waals surface area contributed by atoms with Gasteiger partial charge in [-0.15, -0.1) is 0 Å². The Morgan fingerprint density at radius 2 is 1.74 bits per heavy atom. The first-order chi connectivity index (χ1) is 14.6.